The molecule has 0 saturated heterocycles. The van der Waals surface area contributed by atoms with Gasteiger partial charge in [0.15, 0.2) is 5.78 Å². The van der Waals surface area contributed by atoms with Crippen molar-refractivity contribution < 1.29 is 4.79 Å². The number of ketones is 1. The van der Waals surface area contributed by atoms with Crippen LogP contribution in [-0.2, 0) is 0 Å². The SMILES string of the molecule is N#CC(C#N)C(CC(=O)c1ccccc1)c1ccccn1. The van der Waals surface area contributed by atoms with Crippen LogP contribution in [-0.4, -0.2) is 10.8 Å². The predicted molar refractivity (Wildman–Crippen MR) is 77.1 cm³/mol. The summed E-state index contributed by atoms with van der Waals surface area (Å²) in [4.78, 5) is 16.5. The Balaban J connectivity index is 2.28. The quantitative estimate of drug-likeness (QED) is 0.785. The minimum absolute atomic E-state index is 0.0901. The molecule has 0 aliphatic heterocycles. The van der Waals surface area contributed by atoms with E-state index in [1.165, 1.54) is 0 Å². The molecule has 2 aromatic rings. The van der Waals surface area contributed by atoms with Crippen molar-refractivity contribution in [1.29, 1.82) is 10.5 Å². The summed E-state index contributed by atoms with van der Waals surface area (Å²) < 4.78 is 0. The lowest BCUT2D eigenvalue weighted by Crippen LogP contribution is -2.16. The molecule has 21 heavy (non-hydrogen) atoms. The third-order valence-electron chi connectivity index (χ3n) is 3.25. The van der Waals surface area contributed by atoms with E-state index in [1.54, 1.807) is 48.7 Å². The zero-order valence-electron chi connectivity index (χ0n) is 11.3. The summed E-state index contributed by atoms with van der Waals surface area (Å²) in [7, 11) is 0. The first-order chi connectivity index (χ1) is 10.3. The third-order valence-corrected chi connectivity index (χ3v) is 3.25. The van der Waals surface area contributed by atoms with Gasteiger partial charge >= 0.3 is 0 Å². The summed E-state index contributed by atoms with van der Waals surface area (Å²) in [5.41, 5.74) is 1.17. The summed E-state index contributed by atoms with van der Waals surface area (Å²) in [5.74, 6) is -1.51. The maximum atomic E-state index is 12.3. The first-order valence-corrected chi connectivity index (χ1v) is 6.54. The van der Waals surface area contributed by atoms with E-state index in [0.717, 1.165) is 0 Å². The molecular weight excluding hydrogens is 262 g/mol. The molecule has 1 aromatic carbocycles. The number of aromatic nitrogens is 1. The van der Waals surface area contributed by atoms with E-state index in [1.807, 2.05) is 18.2 Å². The Bertz CT molecular complexity index is 669. The Morgan fingerprint density at radius 3 is 2.29 bits per heavy atom. The Labute approximate surface area is 123 Å². The maximum Gasteiger partial charge on any atom is 0.163 e. The number of Topliss-reactive ketones (excluding diaryl/α,β-unsaturated/α-hetero) is 1. The fourth-order valence-corrected chi connectivity index (χ4v) is 2.14. The van der Waals surface area contributed by atoms with Crippen LogP contribution >= 0.6 is 0 Å². The van der Waals surface area contributed by atoms with E-state index < -0.39 is 11.8 Å². The van der Waals surface area contributed by atoms with Crippen molar-refractivity contribution >= 4 is 5.78 Å². The molecule has 102 valence electrons. The van der Waals surface area contributed by atoms with Gasteiger partial charge in [-0.2, -0.15) is 10.5 Å². The number of carbonyl (C=O) groups excluding carboxylic acids is 1. The molecule has 0 spiro atoms. The molecule has 0 bridgehead atoms. The Kier molecular flexibility index (Phi) is 4.79. The van der Waals surface area contributed by atoms with Crippen LogP contribution in [0.25, 0.3) is 0 Å². The van der Waals surface area contributed by atoms with E-state index in [4.69, 9.17) is 10.5 Å². The first kappa shape index (κ1) is 14.4. The summed E-state index contributed by atoms with van der Waals surface area (Å²) in [5, 5.41) is 18.3. The second-order valence-electron chi connectivity index (χ2n) is 4.59. The van der Waals surface area contributed by atoms with Crippen LogP contribution in [0.5, 0.6) is 0 Å². The molecule has 1 aromatic heterocycles. The average molecular weight is 275 g/mol. The molecular formula is C17H13N3O. The zero-order chi connectivity index (χ0) is 15.1. The second-order valence-corrected chi connectivity index (χ2v) is 4.59. The van der Waals surface area contributed by atoms with Crippen LogP contribution in [0.1, 0.15) is 28.4 Å². The monoisotopic (exact) mass is 275 g/mol. The molecule has 0 aliphatic rings. The highest BCUT2D eigenvalue weighted by molar-refractivity contribution is 5.96. The van der Waals surface area contributed by atoms with E-state index in [-0.39, 0.29) is 12.2 Å². The van der Waals surface area contributed by atoms with Gasteiger partial charge in [0.05, 0.1) is 12.1 Å². The Morgan fingerprint density at radius 2 is 1.71 bits per heavy atom. The van der Waals surface area contributed by atoms with Crippen LogP contribution in [0.3, 0.4) is 0 Å². The maximum absolute atomic E-state index is 12.3. The van der Waals surface area contributed by atoms with Crippen molar-refractivity contribution in [3.8, 4) is 12.1 Å². The largest absolute Gasteiger partial charge is 0.294 e. The number of benzene rings is 1. The molecule has 2 rings (SSSR count). The Hall–Kier alpha value is -2.98. The highest BCUT2D eigenvalue weighted by atomic mass is 16.1. The fraction of sp³-hybridized carbons (Fsp3) is 0.176. The fourth-order valence-electron chi connectivity index (χ4n) is 2.14. The molecule has 0 N–H and O–H groups in total. The average Bonchev–Trinajstić information content (AvgIpc) is 2.56. The number of rotatable bonds is 5. The van der Waals surface area contributed by atoms with Gasteiger partial charge in [-0.05, 0) is 12.1 Å². The highest BCUT2D eigenvalue weighted by Crippen LogP contribution is 2.27. The van der Waals surface area contributed by atoms with Crippen molar-refractivity contribution in [3.63, 3.8) is 0 Å². The predicted octanol–water partition coefficient (Wildman–Crippen LogP) is 3.10. The van der Waals surface area contributed by atoms with Crippen molar-refractivity contribution in [2.24, 2.45) is 5.92 Å². The van der Waals surface area contributed by atoms with Gasteiger partial charge in [0, 0.05) is 29.8 Å². The normalized spacial score (nSPS) is 11.4. The summed E-state index contributed by atoms with van der Waals surface area (Å²) in [6, 6.07) is 18.1. The lowest BCUT2D eigenvalue weighted by Gasteiger charge is -2.16. The highest BCUT2D eigenvalue weighted by Gasteiger charge is 2.27. The molecule has 4 heteroatoms. The van der Waals surface area contributed by atoms with Crippen molar-refractivity contribution in [2.75, 3.05) is 0 Å². The van der Waals surface area contributed by atoms with Gasteiger partial charge in [-0.3, -0.25) is 9.78 Å². The number of carbonyl (C=O) groups is 1. The van der Waals surface area contributed by atoms with Gasteiger partial charge in [-0.1, -0.05) is 36.4 Å². The van der Waals surface area contributed by atoms with E-state index in [0.29, 0.717) is 11.3 Å². The van der Waals surface area contributed by atoms with Crippen LogP contribution in [0.2, 0.25) is 0 Å². The molecule has 0 amide bonds. The standard InChI is InChI=1S/C17H13N3O/c18-11-14(12-19)15(16-8-4-5-9-20-16)10-17(21)13-6-2-1-3-7-13/h1-9,14-15H,10H2. The molecule has 1 atom stereocenters. The van der Waals surface area contributed by atoms with E-state index in [2.05, 4.69) is 4.98 Å². The summed E-state index contributed by atoms with van der Waals surface area (Å²) in [6.07, 6.45) is 1.69. The minimum Gasteiger partial charge on any atom is -0.294 e. The molecule has 0 aliphatic carbocycles. The van der Waals surface area contributed by atoms with Gasteiger partial charge in [0.25, 0.3) is 0 Å². The molecule has 0 fully saturated rings. The minimum atomic E-state index is -0.896. The van der Waals surface area contributed by atoms with Gasteiger partial charge in [-0.15, -0.1) is 0 Å². The molecule has 1 unspecified atom stereocenters. The van der Waals surface area contributed by atoms with Gasteiger partial charge in [-0.25, -0.2) is 0 Å². The third kappa shape index (κ3) is 3.52. The lowest BCUT2D eigenvalue weighted by atomic mass is 9.85. The topological polar surface area (TPSA) is 77.5 Å². The molecule has 4 nitrogen and oxygen atoms in total. The molecule has 0 saturated carbocycles. The van der Waals surface area contributed by atoms with Crippen LogP contribution in [0.4, 0.5) is 0 Å². The van der Waals surface area contributed by atoms with E-state index >= 15 is 0 Å². The van der Waals surface area contributed by atoms with Crippen LogP contribution < -0.4 is 0 Å². The van der Waals surface area contributed by atoms with Crippen molar-refractivity contribution in [2.45, 2.75) is 12.3 Å². The van der Waals surface area contributed by atoms with Crippen LogP contribution in [0.15, 0.2) is 54.7 Å². The van der Waals surface area contributed by atoms with Gasteiger partial charge < -0.3 is 0 Å². The van der Waals surface area contributed by atoms with Crippen LogP contribution in [0, 0.1) is 28.6 Å². The number of hydrogen-bond donors (Lipinski definition) is 0. The van der Waals surface area contributed by atoms with Gasteiger partial charge in [0.2, 0.25) is 0 Å². The second kappa shape index (κ2) is 6.98. The Morgan fingerprint density at radius 1 is 1.05 bits per heavy atom. The number of hydrogen-bond acceptors (Lipinski definition) is 4. The molecule has 0 radical (unpaired) electrons. The molecule has 1 heterocycles. The summed E-state index contributed by atoms with van der Waals surface area (Å²) in [6.45, 7) is 0. The first-order valence-electron chi connectivity index (χ1n) is 6.54. The number of nitrogens with zero attached hydrogens (tertiary/aromatic N) is 3. The number of pyridine rings is 1. The smallest absolute Gasteiger partial charge is 0.163 e. The van der Waals surface area contributed by atoms with Crippen molar-refractivity contribution in [1.82, 2.24) is 4.98 Å². The number of nitriles is 2. The van der Waals surface area contributed by atoms with E-state index in [9.17, 15) is 4.79 Å². The summed E-state index contributed by atoms with van der Waals surface area (Å²) >= 11 is 0. The van der Waals surface area contributed by atoms with Crippen molar-refractivity contribution in [3.05, 3.63) is 66.0 Å². The zero-order valence-corrected chi connectivity index (χ0v) is 11.3. The van der Waals surface area contributed by atoms with Gasteiger partial charge in [0.1, 0.15) is 5.92 Å². The lowest BCUT2D eigenvalue weighted by molar-refractivity contribution is 0.0970.